The second-order valence-corrected chi connectivity index (χ2v) is 7.27. The summed E-state index contributed by atoms with van der Waals surface area (Å²) in [6, 6.07) is 2.36. The highest BCUT2D eigenvalue weighted by Gasteiger charge is 2.23. The minimum absolute atomic E-state index is 0.178. The van der Waals surface area contributed by atoms with E-state index in [1.807, 2.05) is 16.0 Å². The van der Waals surface area contributed by atoms with Crippen molar-refractivity contribution in [1.82, 2.24) is 9.78 Å². The number of fused-ring (bicyclic) bond motifs is 1. The van der Waals surface area contributed by atoms with Crippen molar-refractivity contribution in [2.75, 3.05) is 0 Å². The van der Waals surface area contributed by atoms with Gasteiger partial charge in [-0.25, -0.2) is 0 Å². The van der Waals surface area contributed by atoms with Crippen LogP contribution < -0.4 is 5.73 Å². The lowest BCUT2D eigenvalue weighted by Gasteiger charge is -2.16. The zero-order valence-electron chi connectivity index (χ0n) is 11.9. The van der Waals surface area contributed by atoms with E-state index in [1.54, 1.807) is 6.20 Å². The van der Waals surface area contributed by atoms with Crippen LogP contribution in [-0.4, -0.2) is 9.78 Å². The van der Waals surface area contributed by atoms with Crippen molar-refractivity contribution in [3.05, 3.63) is 38.3 Å². The van der Waals surface area contributed by atoms with Crippen molar-refractivity contribution >= 4 is 22.9 Å². The van der Waals surface area contributed by atoms with E-state index >= 15 is 0 Å². The van der Waals surface area contributed by atoms with Gasteiger partial charge in [-0.2, -0.15) is 5.10 Å². The third-order valence-electron chi connectivity index (χ3n) is 3.89. The number of rotatable bonds is 3. The number of hydrogen-bond acceptors (Lipinski definition) is 3. The zero-order valence-corrected chi connectivity index (χ0v) is 13.5. The Labute approximate surface area is 128 Å². The maximum atomic E-state index is 6.48. The van der Waals surface area contributed by atoms with Crippen LogP contribution in [0, 0.1) is 0 Å². The van der Waals surface area contributed by atoms with E-state index in [1.165, 1.54) is 41.0 Å². The van der Waals surface area contributed by atoms with Crippen LogP contribution in [0.1, 0.15) is 59.8 Å². The first kappa shape index (κ1) is 14.1. The lowest BCUT2D eigenvalue weighted by Crippen LogP contribution is -2.18. The highest BCUT2D eigenvalue weighted by molar-refractivity contribution is 7.12. The molecule has 1 aliphatic rings. The summed E-state index contributed by atoms with van der Waals surface area (Å²) >= 11 is 8.15. The lowest BCUT2D eigenvalue weighted by atomic mass is 9.98. The van der Waals surface area contributed by atoms with Gasteiger partial charge >= 0.3 is 0 Å². The molecule has 0 fully saturated rings. The molecule has 2 aromatic rings. The van der Waals surface area contributed by atoms with Crippen LogP contribution in [0.3, 0.4) is 0 Å². The van der Waals surface area contributed by atoms with E-state index in [0.29, 0.717) is 5.02 Å². The van der Waals surface area contributed by atoms with Gasteiger partial charge in [0.2, 0.25) is 0 Å². The van der Waals surface area contributed by atoms with Crippen LogP contribution in [-0.2, 0) is 12.8 Å². The standard InChI is InChI=1S/C15H20ClN3S/c1-9(2)19-15(11(16)8-18-19)14(17)13-7-10-5-3-4-6-12(10)20-13/h7-9,14H,3-6,17H2,1-2H3. The molecule has 3 nitrogen and oxygen atoms in total. The number of nitrogens with two attached hydrogens (primary N) is 1. The third-order valence-corrected chi connectivity index (χ3v) is 5.50. The molecule has 0 saturated heterocycles. The van der Waals surface area contributed by atoms with E-state index in [0.717, 1.165) is 5.69 Å². The quantitative estimate of drug-likeness (QED) is 0.927. The molecule has 5 heteroatoms. The van der Waals surface area contributed by atoms with Gasteiger partial charge in [0.1, 0.15) is 0 Å². The molecule has 20 heavy (non-hydrogen) atoms. The van der Waals surface area contributed by atoms with Crippen molar-refractivity contribution < 1.29 is 0 Å². The summed E-state index contributed by atoms with van der Waals surface area (Å²) in [5.41, 5.74) is 8.89. The Balaban J connectivity index is 1.98. The molecule has 3 rings (SSSR count). The average molecular weight is 310 g/mol. The number of nitrogens with zero attached hydrogens (tertiary/aromatic N) is 2. The molecule has 0 spiro atoms. The summed E-state index contributed by atoms with van der Waals surface area (Å²) in [4.78, 5) is 2.72. The van der Waals surface area contributed by atoms with Gasteiger partial charge in [-0.1, -0.05) is 11.6 Å². The summed E-state index contributed by atoms with van der Waals surface area (Å²) in [5, 5.41) is 5.02. The molecular weight excluding hydrogens is 290 g/mol. The first-order chi connectivity index (χ1) is 9.58. The number of halogens is 1. The van der Waals surface area contributed by atoms with Crippen LogP contribution >= 0.6 is 22.9 Å². The fraction of sp³-hybridized carbons (Fsp3) is 0.533. The minimum atomic E-state index is -0.178. The SMILES string of the molecule is CC(C)n1ncc(Cl)c1C(N)c1cc2c(s1)CCCC2. The molecule has 0 aromatic carbocycles. The Kier molecular flexibility index (Phi) is 3.89. The number of aromatic nitrogens is 2. The molecular formula is C15H20ClN3S. The predicted molar refractivity (Wildman–Crippen MR) is 84.6 cm³/mol. The topological polar surface area (TPSA) is 43.8 Å². The zero-order chi connectivity index (χ0) is 14.3. The summed E-state index contributed by atoms with van der Waals surface area (Å²) < 4.78 is 1.94. The summed E-state index contributed by atoms with van der Waals surface area (Å²) in [6.45, 7) is 4.19. The van der Waals surface area contributed by atoms with E-state index in [4.69, 9.17) is 17.3 Å². The van der Waals surface area contributed by atoms with Crippen molar-refractivity contribution in [3.8, 4) is 0 Å². The average Bonchev–Trinajstić information content (AvgIpc) is 3.01. The number of hydrogen-bond donors (Lipinski definition) is 1. The Bertz CT molecular complexity index is 591. The summed E-state index contributed by atoms with van der Waals surface area (Å²) in [7, 11) is 0. The highest BCUT2D eigenvalue weighted by Crippen LogP contribution is 2.36. The van der Waals surface area contributed by atoms with Crippen LogP contribution in [0.5, 0.6) is 0 Å². The Morgan fingerprint density at radius 3 is 2.80 bits per heavy atom. The van der Waals surface area contributed by atoms with Crippen molar-refractivity contribution in [3.63, 3.8) is 0 Å². The van der Waals surface area contributed by atoms with Gasteiger partial charge in [0, 0.05) is 15.8 Å². The number of aryl methyl sites for hydroxylation is 2. The molecule has 0 radical (unpaired) electrons. The second-order valence-electron chi connectivity index (χ2n) is 5.70. The van der Waals surface area contributed by atoms with Crippen molar-refractivity contribution in [2.24, 2.45) is 5.73 Å². The summed E-state index contributed by atoms with van der Waals surface area (Å²) in [6.07, 6.45) is 6.68. The normalized spacial score (nSPS) is 16.4. The molecule has 1 aliphatic carbocycles. The van der Waals surface area contributed by atoms with E-state index in [2.05, 4.69) is 25.0 Å². The van der Waals surface area contributed by atoms with Crippen LogP contribution in [0.25, 0.3) is 0 Å². The van der Waals surface area contributed by atoms with E-state index in [9.17, 15) is 0 Å². The maximum Gasteiger partial charge on any atom is 0.0838 e. The number of thiophene rings is 1. The van der Waals surface area contributed by atoms with E-state index < -0.39 is 0 Å². The van der Waals surface area contributed by atoms with Gasteiger partial charge in [-0.05, 0) is 51.2 Å². The first-order valence-electron chi connectivity index (χ1n) is 7.18. The largest absolute Gasteiger partial charge is 0.318 e. The molecule has 2 N–H and O–H groups in total. The van der Waals surface area contributed by atoms with Gasteiger partial charge in [0.15, 0.2) is 0 Å². The van der Waals surface area contributed by atoms with Gasteiger partial charge in [0.25, 0.3) is 0 Å². The molecule has 1 unspecified atom stereocenters. The van der Waals surface area contributed by atoms with Crippen LogP contribution in [0.15, 0.2) is 12.3 Å². The molecule has 0 aliphatic heterocycles. The molecule has 0 bridgehead atoms. The predicted octanol–water partition coefficient (Wildman–Crippen LogP) is 4.11. The van der Waals surface area contributed by atoms with Gasteiger partial charge in [-0.15, -0.1) is 11.3 Å². The fourth-order valence-electron chi connectivity index (χ4n) is 2.85. The van der Waals surface area contributed by atoms with Crippen LogP contribution in [0.4, 0.5) is 0 Å². The smallest absolute Gasteiger partial charge is 0.0838 e. The van der Waals surface area contributed by atoms with Gasteiger partial charge < -0.3 is 5.73 Å². The fourth-order valence-corrected chi connectivity index (χ4v) is 4.37. The highest BCUT2D eigenvalue weighted by atomic mass is 35.5. The second kappa shape index (κ2) is 5.51. The Hall–Kier alpha value is -0.840. The summed E-state index contributed by atoms with van der Waals surface area (Å²) in [5.74, 6) is 0. The minimum Gasteiger partial charge on any atom is -0.318 e. The Morgan fingerprint density at radius 2 is 2.10 bits per heavy atom. The molecule has 2 heterocycles. The third kappa shape index (κ3) is 2.41. The van der Waals surface area contributed by atoms with Gasteiger partial charge in [0.05, 0.1) is 23.0 Å². The molecule has 0 amide bonds. The molecule has 1 atom stereocenters. The van der Waals surface area contributed by atoms with Crippen LogP contribution in [0.2, 0.25) is 5.02 Å². The molecule has 2 aromatic heterocycles. The van der Waals surface area contributed by atoms with E-state index in [-0.39, 0.29) is 12.1 Å². The molecule has 108 valence electrons. The maximum absolute atomic E-state index is 6.48. The monoisotopic (exact) mass is 309 g/mol. The van der Waals surface area contributed by atoms with Gasteiger partial charge in [-0.3, -0.25) is 4.68 Å². The lowest BCUT2D eigenvalue weighted by molar-refractivity contribution is 0.500. The van der Waals surface area contributed by atoms with Crippen molar-refractivity contribution in [2.45, 2.75) is 51.6 Å². The first-order valence-corrected chi connectivity index (χ1v) is 8.37. The Morgan fingerprint density at radius 1 is 1.35 bits per heavy atom. The molecule has 0 saturated carbocycles. The van der Waals surface area contributed by atoms with Crippen molar-refractivity contribution in [1.29, 1.82) is 0 Å².